The Morgan fingerprint density at radius 1 is 1.29 bits per heavy atom. The van der Waals surface area contributed by atoms with Crippen LogP contribution >= 0.6 is 0 Å². The molecule has 4 nitrogen and oxygen atoms in total. The van der Waals surface area contributed by atoms with Gasteiger partial charge in [-0.15, -0.1) is 0 Å². The first-order chi connectivity index (χ1) is 8.01. The molecule has 3 atom stereocenters. The van der Waals surface area contributed by atoms with E-state index < -0.39 is 5.97 Å². The second kappa shape index (κ2) is 6.03. The Morgan fingerprint density at radius 2 is 1.88 bits per heavy atom. The van der Waals surface area contributed by atoms with Crippen molar-refractivity contribution in [1.82, 2.24) is 4.90 Å². The molecule has 1 aliphatic carbocycles. The lowest BCUT2D eigenvalue weighted by atomic mass is 10.0. The van der Waals surface area contributed by atoms with Crippen molar-refractivity contribution in [2.45, 2.75) is 52.5 Å². The highest BCUT2D eigenvalue weighted by Gasteiger charge is 2.36. The van der Waals surface area contributed by atoms with Gasteiger partial charge in [-0.1, -0.05) is 6.92 Å². The molecule has 0 radical (unpaired) electrons. The van der Waals surface area contributed by atoms with Crippen molar-refractivity contribution >= 4 is 11.9 Å². The summed E-state index contributed by atoms with van der Waals surface area (Å²) in [5.41, 5.74) is 0. The maximum absolute atomic E-state index is 12.3. The van der Waals surface area contributed by atoms with Crippen molar-refractivity contribution in [2.24, 2.45) is 11.8 Å². The Labute approximate surface area is 103 Å². The van der Waals surface area contributed by atoms with Crippen LogP contribution in [0.15, 0.2) is 0 Å². The van der Waals surface area contributed by atoms with Crippen molar-refractivity contribution < 1.29 is 14.7 Å². The number of nitrogens with zero attached hydrogens (tertiary/aromatic N) is 1. The van der Waals surface area contributed by atoms with Crippen LogP contribution < -0.4 is 0 Å². The Balaban J connectivity index is 2.61. The van der Waals surface area contributed by atoms with Crippen LogP contribution in [0.4, 0.5) is 0 Å². The van der Waals surface area contributed by atoms with Crippen molar-refractivity contribution in [3.63, 3.8) is 0 Å². The smallest absolute Gasteiger partial charge is 0.306 e. The summed E-state index contributed by atoms with van der Waals surface area (Å²) in [6.45, 7) is 6.80. The number of amides is 1. The zero-order valence-corrected chi connectivity index (χ0v) is 11.0. The second-order valence-electron chi connectivity index (χ2n) is 4.93. The molecule has 1 aliphatic rings. The molecular formula is C13H23NO3. The minimum atomic E-state index is -0.758. The Bertz CT molecular complexity index is 290. The molecule has 0 bridgehead atoms. The molecule has 1 saturated carbocycles. The van der Waals surface area contributed by atoms with Gasteiger partial charge in [-0.25, -0.2) is 0 Å². The van der Waals surface area contributed by atoms with Crippen LogP contribution in [-0.2, 0) is 9.59 Å². The molecule has 1 fully saturated rings. The highest BCUT2D eigenvalue weighted by Crippen LogP contribution is 2.32. The van der Waals surface area contributed by atoms with Crippen LogP contribution in [0.5, 0.6) is 0 Å². The first-order valence-corrected chi connectivity index (χ1v) is 6.54. The number of hydrogen-bond donors (Lipinski definition) is 1. The van der Waals surface area contributed by atoms with Gasteiger partial charge in [0.05, 0.1) is 5.92 Å². The molecule has 1 N–H and O–H groups in total. The molecule has 0 spiro atoms. The van der Waals surface area contributed by atoms with E-state index in [1.807, 2.05) is 18.7 Å². The van der Waals surface area contributed by atoms with Gasteiger partial charge >= 0.3 is 5.97 Å². The Morgan fingerprint density at radius 3 is 2.29 bits per heavy atom. The predicted octanol–water partition coefficient (Wildman–Crippen LogP) is 2.13. The molecule has 0 aromatic heterocycles. The van der Waals surface area contributed by atoms with E-state index in [2.05, 4.69) is 6.92 Å². The van der Waals surface area contributed by atoms with E-state index in [0.29, 0.717) is 19.4 Å². The highest BCUT2D eigenvalue weighted by atomic mass is 16.4. The predicted molar refractivity (Wildman–Crippen MR) is 65.6 cm³/mol. The lowest BCUT2D eigenvalue weighted by Crippen LogP contribution is -2.41. The lowest BCUT2D eigenvalue weighted by Gasteiger charge is -2.29. The third-order valence-electron chi connectivity index (χ3n) is 3.88. The molecule has 1 amide bonds. The fourth-order valence-electron chi connectivity index (χ4n) is 2.57. The Hall–Kier alpha value is -1.06. The highest BCUT2D eigenvalue weighted by molar-refractivity contribution is 5.81. The van der Waals surface area contributed by atoms with Crippen LogP contribution in [0.3, 0.4) is 0 Å². The molecule has 0 aromatic rings. The van der Waals surface area contributed by atoms with E-state index in [4.69, 9.17) is 5.11 Å². The average molecular weight is 241 g/mol. The van der Waals surface area contributed by atoms with Crippen LogP contribution in [0.25, 0.3) is 0 Å². The largest absolute Gasteiger partial charge is 0.481 e. The number of rotatable bonds is 5. The molecule has 98 valence electrons. The monoisotopic (exact) mass is 241 g/mol. The van der Waals surface area contributed by atoms with Crippen molar-refractivity contribution in [1.29, 1.82) is 0 Å². The summed E-state index contributed by atoms with van der Waals surface area (Å²) < 4.78 is 0. The first kappa shape index (κ1) is 14.0. The summed E-state index contributed by atoms with van der Waals surface area (Å²) in [6.07, 6.45) is 2.82. The number of carboxylic acid groups (broad SMARTS) is 1. The van der Waals surface area contributed by atoms with Crippen molar-refractivity contribution in [2.75, 3.05) is 6.54 Å². The van der Waals surface area contributed by atoms with E-state index in [0.717, 1.165) is 12.8 Å². The summed E-state index contributed by atoms with van der Waals surface area (Å²) in [4.78, 5) is 25.0. The van der Waals surface area contributed by atoms with E-state index in [-0.39, 0.29) is 23.8 Å². The van der Waals surface area contributed by atoms with Gasteiger partial charge in [0.15, 0.2) is 0 Å². The molecule has 0 heterocycles. The van der Waals surface area contributed by atoms with E-state index in [1.165, 1.54) is 0 Å². The van der Waals surface area contributed by atoms with Gasteiger partial charge in [0.2, 0.25) is 5.91 Å². The zero-order valence-electron chi connectivity index (χ0n) is 11.0. The van der Waals surface area contributed by atoms with Crippen LogP contribution in [0, 0.1) is 11.8 Å². The molecule has 1 unspecified atom stereocenters. The number of carbonyl (C=O) groups is 2. The average Bonchev–Trinajstić information content (AvgIpc) is 2.78. The van der Waals surface area contributed by atoms with Crippen molar-refractivity contribution in [3.05, 3.63) is 0 Å². The van der Waals surface area contributed by atoms with Gasteiger partial charge in [-0.2, -0.15) is 0 Å². The molecule has 1 rings (SSSR count). The molecule has 0 aliphatic heterocycles. The van der Waals surface area contributed by atoms with Gasteiger partial charge in [-0.05, 0) is 39.5 Å². The quantitative estimate of drug-likeness (QED) is 0.802. The Kier molecular flexibility index (Phi) is 4.97. The SMILES string of the molecule is CCC(C)N(CC)C(=O)[C@@H]1CC[C@H](C(=O)O)C1. The first-order valence-electron chi connectivity index (χ1n) is 6.54. The fourth-order valence-corrected chi connectivity index (χ4v) is 2.57. The minimum Gasteiger partial charge on any atom is -0.481 e. The minimum absolute atomic E-state index is 0.0787. The molecular weight excluding hydrogens is 218 g/mol. The van der Waals surface area contributed by atoms with E-state index in [9.17, 15) is 9.59 Å². The van der Waals surface area contributed by atoms with Crippen LogP contribution in [0.1, 0.15) is 46.5 Å². The van der Waals surface area contributed by atoms with Gasteiger partial charge in [0, 0.05) is 18.5 Å². The summed E-state index contributed by atoms with van der Waals surface area (Å²) in [7, 11) is 0. The summed E-state index contributed by atoms with van der Waals surface area (Å²) in [5, 5.41) is 8.94. The summed E-state index contributed by atoms with van der Waals surface area (Å²) in [5.74, 6) is -1.01. The summed E-state index contributed by atoms with van der Waals surface area (Å²) in [6, 6.07) is 0.247. The van der Waals surface area contributed by atoms with E-state index in [1.54, 1.807) is 0 Å². The maximum Gasteiger partial charge on any atom is 0.306 e. The number of carbonyl (C=O) groups excluding carboxylic acids is 1. The normalized spacial score (nSPS) is 25.6. The molecule has 0 aromatic carbocycles. The molecule has 0 saturated heterocycles. The third-order valence-corrected chi connectivity index (χ3v) is 3.88. The number of hydrogen-bond acceptors (Lipinski definition) is 2. The lowest BCUT2D eigenvalue weighted by molar-refractivity contribution is -0.142. The number of carboxylic acids is 1. The maximum atomic E-state index is 12.3. The van der Waals surface area contributed by atoms with Crippen molar-refractivity contribution in [3.8, 4) is 0 Å². The number of aliphatic carboxylic acids is 1. The van der Waals surface area contributed by atoms with Gasteiger partial charge in [0.25, 0.3) is 0 Å². The molecule has 4 heteroatoms. The molecule has 17 heavy (non-hydrogen) atoms. The standard InChI is InChI=1S/C13H23NO3/c1-4-9(3)14(5-2)12(15)10-6-7-11(8-10)13(16)17/h9-11H,4-8H2,1-3H3,(H,16,17)/t9?,10-,11+/m1/s1. The van der Waals surface area contributed by atoms with Gasteiger partial charge in [0.1, 0.15) is 0 Å². The van der Waals surface area contributed by atoms with Gasteiger partial charge in [-0.3, -0.25) is 9.59 Å². The van der Waals surface area contributed by atoms with Gasteiger partial charge < -0.3 is 10.0 Å². The van der Waals surface area contributed by atoms with Crippen LogP contribution in [0.2, 0.25) is 0 Å². The summed E-state index contributed by atoms with van der Waals surface area (Å²) >= 11 is 0. The fraction of sp³-hybridized carbons (Fsp3) is 0.846. The zero-order chi connectivity index (χ0) is 13.0. The van der Waals surface area contributed by atoms with Crippen LogP contribution in [-0.4, -0.2) is 34.5 Å². The van der Waals surface area contributed by atoms with E-state index >= 15 is 0 Å². The third kappa shape index (κ3) is 3.20. The second-order valence-corrected chi connectivity index (χ2v) is 4.93. The topological polar surface area (TPSA) is 57.6 Å².